The number of rotatable bonds is 3. The molecule has 1 aromatic heterocycles. The molecule has 2 N–H and O–H groups in total. The highest BCUT2D eigenvalue weighted by Crippen LogP contribution is 2.75. The molecule has 3 aliphatic rings. The molecule has 4 atom stereocenters. The third-order valence-electron chi connectivity index (χ3n) is 6.99. The molecule has 1 aromatic rings. The Morgan fingerprint density at radius 1 is 1.45 bits per heavy atom. The van der Waals surface area contributed by atoms with Gasteiger partial charge in [-0.3, -0.25) is 14.8 Å². The van der Waals surface area contributed by atoms with Crippen molar-refractivity contribution in [2.24, 2.45) is 27.6 Å². The van der Waals surface area contributed by atoms with E-state index in [1.165, 1.54) is 6.42 Å². The van der Waals surface area contributed by atoms with Crippen molar-refractivity contribution in [3.8, 4) is 0 Å². The second-order valence-corrected chi connectivity index (χ2v) is 7.50. The number of carbonyl (C=O) groups excluding carboxylic acids is 1. The predicted molar refractivity (Wildman–Crippen MR) is 84.0 cm³/mol. The van der Waals surface area contributed by atoms with Crippen molar-refractivity contribution >= 4 is 12.1 Å². The van der Waals surface area contributed by atoms with Gasteiger partial charge in [-0.05, 0) is 48.3 Å². The van der Waals surface area contributed by atoms with Crippen LogP contribution in [0.25, 0.3) is 0 Å². The van der Waals surface area contributed by atoms with Crippen molar-refractivity contribution in [1.29, 1.82) is 0 Å². The Bertz CT molecular complexity index is 660. The summed E-state index contributed by atoms with van der Waals surface area (Å²) >= 11 is 0. The smallest absolute Gasteiger partial charge is 0.245 e. The zero-order chi connectivity index (χ0) is 15.6. The normalized spacial score (nSPS) is 42.5. The Labute approximate surface area is 130 Å². The molecular formula is C17H22N4O. The standard InChI is InChI=1S/C17H22N4O/c1-15-11-21(20-10-12-4-7-19-8-5-12)17(14(18)22)9-13(15)3-6-16(15,17)2/h4-5,7-8,10,13H,3,6,9,11H2,1-2H3,(H2,18,22)/b20-10+. The molecule has 2 saturated carbocycles. The van der Waals surface area contributed by atoms with Crippen molar-refractivity contribution in [1.82, 2.24) is 9.99 Å². The van der Waals surface area contributed by atoms with Crippen molar-refractivity contribution in [2.45, 2.75) is 38.6 Å². The Morgan fingerprint density at radius 2 is 2.18 bits per heavy atom. The summed E-state index contributed by atoms with van der Waals surface area (Å²) in [4.78, 5) is 16.4. The minimum atomic E-state index is -0.617. The van der Waals surface area contributed by atoms with E-state index in [0.29, 0.717) is 5.92 Å². The molecule has 0 aromatic carbocycles. The molecule has 0 spiro atoms. The number of pyridine rings is 1. The number of nitrogens with zero attached hydrogens (tertiary/aromatic N) is 3. The van der Waals surface area contributed by atoms with Crippen molar-refractivity contribution in [2.75, 3.05) is 6.54 Å². The third kappa shape index (κ3) is 1.33. The number of aromatic nitrogens is 1. The molecule has 3 fully saturated rings. The monoisotopic (exact) mass is 298 g/mol. The van der Waals surface area contributed by atoms with E-state index in [9.17, 15) is 4.79 Å². The topological polar surface area (TPSA) is 71.6 Å². The number of nitrogens with two attached hydrogens (primary N) is 1. The lowest BCUT2D eigenvalue weighted by Gasteiger charge is -2.44. The summed E-state index contributed by atoms with van der Waals surface area (Å²) in [6, 6.07) is 3.81. The van der Waals surface area contributed by atoms with Gasteiger partial charge in [0.2, 0.25) is 5.91 Å². The number of hydrogen-bond donors (Lipinski definition) is 1. The molecule has 2 heterocycles. The van der Waals surface area contributed by atoms with Gasteiger partial charge < -0.3 is 5.73 Å². The van der Waals surface area contributed by atoms with Crippen molar-refractivity contribution in [3.05, 3.63) is 30.1 Å². The maximum atomic E-state index is 12.4. The zero-order valence-electron chi connectivity index (χ0n) is 13.1. The van der Waals surface area contributed by atoms with E-state index in [4.69, 9.17) is 5.73 Å². The predicted octanol–water partition coefficient (Wildman–Crippen LogP) is 1.78. The lowest BCUT2D eigenvalue weighted by molar-refractivity contribution is -0.135. The van der Waals surface area contributed by atoms with Crippen LogP contribution in [0.5, 0.6) is 0 Å². The first kappa shape index (κ1) is 13.7. The Kier molecular flexibility index (Phi) is 2.55. The van der Waals surface area contributed by atoms with Crippen LogP contribution in [0.1, 0.15) is 38.7 Å². The summed E-state index contributed by atoms with van der Waals surface area (Å²) < 4.78 is 0. The van der Waals surface area contributed by atoms with Gasteiger partial charge in [0.25, 0.3) is 0 Å². The van der Waals surface area contributed by atoms with Gasteiger partial charge in [0.05, 0.1) is 6.21 Å². The molecule has 116 valence electrons. The van der Waals surface area contributed by atoms with Crippen LogP contribution in [0, 0.1) is 16.7 Å². The van der Waals surface area contributed by atoms with Gasteiger partial charge >= 0.3 is 0 Å². The van der Waals surface area contributed by atoms with Crippen LogP contribution in [0.2, 0.25) is 0 Å². The number of piperidine rings is 1. The molecule has 4 rings (SSSR count). The van der Waals surface area contributed by atoms with E-state index in [1.54, 1.807) is 12.4 Å². The number of primary amides is 1. The van der Waals surface area contributed by atoms with E-state index in [-0.39, 0.29) is 16.7 Å². The average Bonchev–Trinajstić information content (AvgIpc) is 2.95. The summed E-state index contributed by atoms with van der Waals surface area (Å²) in [5.41, 5.74) is 6.34. The van der Waals surface area contributed by atoms with Gasteiger partial charge in [-0.1, -0.05) is 13.8 Å². The fraction of sp³-hybridized carbons (Fsp3) is 0.588. The highest BCUT2D eigenvalue weighted by atomic mass is 16.2. The number of hydrazone groups is 1. The second-order valence-electron chi connectivity index (χ2n) is 7.50. The molecule has 5 heteroatoms. The average molecular weight is 298 g/mol. The maximum absolute atomic E-state index is 12.4. The van der Waals surface area contributed by atoms with E-state index >= 15 is 0 Å². The van der Waals surface area contributed by atoms with Crippen LogP contribution in [-0.2, 0) is 4.79 Å². The number of hydrogen-bond acceptors (Lipinski definition) is 4. The Hall–Kier alpha value is -1.91. The van der Waals surface area contributed by atoms with Gasteiger partial charge in [0, 0.05) is 24.4 Å². The second kappa shape index (κ2) is 4.09. The first-order valence-corrected chi connectivity index (χ1v) is 7.96. The van der Waals surface area contributed by atoms with Crippen molar-refractivity contribution < 1.29 is 4.79 Å². The van der Waals surface area contributed by atoms with Crippen LogP contribution >= 0.6 is 0 Å². The molecule has 1 amide bonds. The first-order valence-electron chi connectivity index (χ1n) is 7.96. The summed E-state index contributed by atoms with van der Waals surface area (Å²) in [7, 11) is 0. The fourth-order valence-electron chi connectivity index (χ4n) is 5.47. The molecule has 22 heavy (non-hydrogen) atoms. The molecule has 5 nitrogen and oxygen atoms in total. The van der Waals surface area contributed by atoms with Crippen LogP contribution in [0.3, 0.4) is 0 Å². The zero-order valence-corrected chi connectivity index (χ0v) is 13.1. The fourth-order valence-corrected chi connectivity index (χ4v) is 5.47. The minimum Gasteiger partial charge on any atom is -0.368 e. The van der Waals surface area contributed by atoms with E-state index < -0.39 is 5.54 Å². The van der Waals surface area contributed by atoms with Crippen LogP contribution in [0.15, 0.2) is 29.6 Å². The molecule has 4 unspecified atom stereocenters. The van der Waals surface area contributed by atoms with Gasteiger partial charge in [-0.15, -0.1) is 0 Å². The van der Waals surface area contributed by atoms with Gasteiger partial charge in [-0.25, -0.2) is 0 Å². The van der Waals surface area contributed by atoms with Gasteiger partial charge in [0.15, 0.2) is 0 Å². The van der Waals surface area contributed by atoms with E-state index in [0.717, 1.165) is 24.9 Å². The summed E-state index contributed by atoms with van der Waals surface area (Å²) in [5, 5.41) is 6.64. The lowest BCUT2D eigenvalue weighted by atomic mass is 9.65. The van der Waals surface area contributed by atoms with Crippen LogP contribution in [0.4, 0.5) is 0 Å². The Balaban J connectivity index is 1.74. The molecule has 1 saturated heterocycles. The van der Waals surface area contributed by atoms with Gasteiger partial charge in [-0.2, -0.15) is 5.10 Å². The molecule has 4 bridgehead atoms. The third-order valence-corrected chi connectivity index (χ3v) is 6.99. The molecule has 2 aliphatic carbocycles. The SMILES string of the molecule is CC12CN(/N=C/c3ccncc3)C3(C(N)=O)CC1CCC23C. The highest BCUT2D eigenvalue weighted by molar-refractivity contribution is 5.88. The number of carbonyl (C=O) groups is 1. The first-order chi connectivity index (χ1) is 10.4. The maximum Gasteiger partial charge on any atom is 0.245 e. The van der Waals surface area contributed by atoms with Crippen LogP contribution in [-0.4, -0.2) is 34.2 Å². The highest BCUT2D eigenvalue weighted by Gasteiger charge is 2.80. The minimum absolute atomic E-state index is 0.0634. The van der Waals surface area contributed by atoms with E-state index in [2.05, 4.69) is 23.9 Å². The summed E-state index contributed by atoms with van der Waals surface area (Å²) in [6.07, 6.45) is 8.43. The summed E-state index contributed by atoms with van der Waals surface area (Å²) in [6.45, 7) is 5.38. The van der Waals surface area contributed by atoms with Gasteiger partial charge in [0.1, 0.15) is 5.54 Å². The number of amides is 1. The lowest BCUT2D eigenvalue weighted by Crippen LogP contribution is -2.60. The van der Waals surface area contributed by atoms with Crippen molar-refractivity contribution in [3.63, 3.8) is 0 Å². The van der Waals surface area contributed by atoms with E-state index in [1.807, 2.05) is 23.4 Å². The molecule has 1 aliphatic heterocycles. The quantitative estimate of drug-likeness (QED) is 0.865. The summed E-state index contributed by atoms with van der Waals surface area (Å²) in [5.74, 6) is 0.380. The largest absolute Gasteiger partial charge is 0.368 e. The molecule has 0 radical (unpaired) electrons. The molecular weight excluding hydrogens is 276 g/mol. The van der Waals surface area contributed by atoms with Crippen LogP contribution < -0.4 is 5.73 Å². The Morgan fingerprint density at radius 3 is 2.82 bits per heavy atom.